The number of aromatic nitrogens is 1. The minimum Gasteiger partial charge on any atom is -0.367 e. The second-order valence-electron chi connectivity index (χ2n) is 6.76. The monoisotopic (exact) mass is 418 g/mol. The van der Waals surface area contributed by atoms with Gasteiger partial charge in [0.05, 0.1) is 5.69 Å². The van der Waals surface area contributed by atoms with Gasteiger partial charge in [-0.05, 0) is 35.9 Å². The Morgan fingerprint density at radius 1 is 1.21 bits per heavy atom. The zero-order valence-corrected chi connectivity index (χ0v) is 17.6. The molecule has 1 aromatic heterocycles. The Labute approximate surface area is 175 Å². The SMILES string of the molecule is CCNSNc1cc(CN2CCN(c3ccc(C(=O)NC)cc3F)CC2)ccn1. The number of amides is 1. The highest BCUT2D eigenvalue weighted by molar-refractivity contribution is 7.98. The van der Waals surface area contributed by atoms with Crippen molar-refractivity contribution in [3.63, 3.8) is 0 Å². The van der Waals surface area contributed by atoms with E-state index < -0.39 is 0 Å². The summed E-state index contributed by atoms with van der Waals surface area (Å²) in [6.45, 7) is 6.90. The molecule has 0 bridgehead atoms. The lowest BCUT2D eigenvalue weighted by molar-refractivity contribution is 0.0962. The number of pyridine rings is 1. The topological polar surface area (TPSA) is 72.5 Å². The maximum absolute atomic E-state index is 14.5. The molecule has 1 amide bonds. The number of hydrogen-bond donors (Lipinski definition) is 3. The Balaban J connectivity index is 1.54. The predicted octanol–water partition coefficient (Wildman–Crippen LogP) is 2.49. The second-order valence-corrected chi connectivity index (χ2v) is 7.46. The molecule has 1 aromatic carbocycles. The van der Waals surface area contributed by atoms with Gasteiger partial charge in [-0.25, -0.2) is 14.1 Å². The molecule has 0 aliphatic carbocycles. The van der Waals surface area contributed by atoms with E-state index in [1.165, 1.54) is 30.8 Å². The summed E-state index contributed by atoms with van der Waals surface area (Å²) in [6, 6.07) is 8.73. The fourth-order valence-electron chi connectivity index (χ4n) is 3.24. The summed E-state index contributed by atoms with van der Waals surface area (Å²) in [5.74, 6) is 0.184. The maximum Gasteiger partial charge on any atom is 0.251 e. The summed E-state index contributed by atoms with van der Waals surface area (Å²) in [7, 11) is 1.54. The van der Waals surface area contributed by atoms with Gasteiger partial charge in [0.15, 0.2) is 0 Å². The highest BCUT2D eigenvalue weighted by atomic mass is 32.2. The van der Waals surface area contributed by atoms with Crippen LogP contribution in [-0.2, 0) is 6.54 Å². The first-order valence-electron chi connectivity index (χ1n) is 9.69. The standard InChI is InChI=1S/C20H27FN6OS/c1-3-24-29-25-19-12-15(6-7-23-19)14-26-8-10-27(11-9-26)18-5-4-16(13-17(18)21)20(28)22-2/h4-7,12-13,24H,3,8-11,14H2,1-2H3,(H,22,28)(H,23,25). The van der Waals surface area contributed by atoms with Crippen LogP contribution in [-0.4, -0.2) is 55.6 Å². The molecular formula is C20H27FN6OS. The third kappa shape index (κ3) is 5.81. The number of rotatable bonds is 8. The molecule has 3 rings (SSSR count). The van der Waals surface area contributed by atoms with Gasteiger partial charge < -0.3 is 14.9 Å². The molecule has 2 heterocycles. The van der Waals surface area contributed by atoms with Crippen molar-refractivity contribution in [1.29, 1.82) is 0 Å². The van der Waals surface area contributed by atoms with Crippen molar-refractivity contribution in [2.75, 3.05) is 49.4 Å². The van der Waals surface area contributed by atoms with E-state index in [4.69, 9.17) is 0 Å². The summed E-state index contributed by atoms with van der Waals surface area (Å²) in [4.78, 5) is 20.4. The van der Waals surface area contributed by atoms with Gasteiger partial charge in [0.1, 0.15) is 11.6 Å². The van der Waals surface area contributed by atoms with E-state index in [1.54, 1.807) is 12.1 Å². The number of anilines is 2. The average molecular weight is 419 g/mol. The Morgan fingerprint density at radius 2 is 2.00 bits per heavy atom. The minimum atomic E-state index is -0.359. The molecule has 2 aromatic rings. The van der Waals surface area contributed by atoms with Crippen molar-refractivity contribution in [1.82, 2.24) is 19.9 Å². The lowest BCUT2D eigenvalue weighted by atomic mass is 10.1. The lowest BCUT2D eigenvalue weighted by Gasteiger charge is -2.36. The predicted molar refractivity (Wildman–Crippen MR) is 116 cm³/mol. The van der Waals surface area contributed by atoms with Crippen LogP contribution in [0, 0.1) is 5.82 Å². The molecule has 0 radical (unpaired) electrons. The van der Waals surface area contributed by atoms with Gasteiger partial charge in [-0.3, -0.25) is 9.69 Å². The molecule has 1 fully saturated rings. The van der Waals surface area contributed by atoms with E-state index in [0.29, 0.717) is 11.3 Å². The molecular weight excluding hydrogens is 391 g/mol. The van der Waals surface area contributed by atoms with Crippen molar-refractivity contribution in [3.8, 4) is 0 Å². The molecule has 29 heavy (non-hydrogen) atoms. The van der Waals surface area contributed by atoms with Gasteiger partial charge in [0.25, 0.3) is 5.91 Å². The molecule has 1 saturated heterocycles. The Hall–Kier alpha value is -2.36. The van der Waals surface area contributed by atoms with Gasteiger partial charge in [0, 0.05) is 70.2 Å². The van der Waals surface area contributed by atoms with Crippen molar-refractivity contribution >= 4 is 29.5 Å². The summed E-state index contributed by atoms with van der Waals surface area (Å²) in [5, 5.41) is 2.51. The number of nitrogens with one attached hydrogen (secondary N) is 3. The van der Waals surface area contributed by atoms with Crippen LogP contribution < -0.4 is 19.7 Å². The fraction of sp³-hybridized carbons (Fsp3) is 0.400. The van der Waals surface area contributed by atoms with Gasteiger partial charge in [-0.15, -0.1) is 0 Å². The van der Waals surface area contributed by atoms with Crippen LogP contribution in [0.25, 0.3) is 0 Å². The molecule has 9 heteroatoms. The number of piperazine rings is 1. The Bertz CT molecular complexity index is 828. The molecule has 0 atom stereocenters. The zero-order chi connectivity index (χ0) is 20.6. The first-order chi connectivity index (χ1) is 14.1. The van der Waals surface area contributed by atoms with E-state index in [9.17, 15) is 9.18 Å². The number of hydrogen-bond acceptors (Lipinski definition) is 7. The van der Waals surface area contributed by atoms with Gasteiger partial charge in [-0.2, -0.15) is 0 Å². The van der Waals surface area contributed by atoms with Crippen molar-refractivity contribution < 1.29 is 9.18 Å². The molecule has 0 spiro atoms. The Morgan fingerprint density at radius 3 is 2.69 bits per heavy atom. The van der Waals surface area contributed by atoms with Crippen molar-refractivity contribution in [3.05, 3.63) is 53.5 Å². The molecule has 1 aliphatic heterocycles. The number of benzene rings is 1. The van der Waals surface area contributed by atoms with Gasteiger partial charge in [-0.1, -0.05) is 6.92 Å². The van der Waals surface area contributed by atoms with Crippen LogP contribution in [0.2, 0.25) is 0 Å². The zero-order valence-electron chi connectivity index (χ0n) is 16.7. The average Bonchev–Trinajstić information content (AvgIpc) is 2.74. The first kappa shape index (κ1) is 21.4. The largest absolute Gasteiger partial charge is 0.367 e. The van der Waals surface area contributed by atoms with Crippen LogP contribution >= 0.6 is 12.1 Å². The first-order valence-corrected chi connectivity index (χ1v) is 10.5. The summed E-state index contributed by atoms with van der Waals surface area (Å²) in [5.41, 5.74) is 2.07. The van der Waals surface area contributed by atoms with Crippen LogP contribution in [0.3, 0.4) is 0 Å². The number of carbonyl (C=O) groups excluding carboxylic acids is 1. The fourth-order valence-corrected chi connectivity index (χ4v) is 3.68. The van der Waals surface area contributed by atoms with E-state index in [0.717, 1.165) is 45.1 Å². The Kier molecular flexibility index (Phi) is 7.68. The molecule has 1 aliphatic rings. The maximum atomic E-state index is 14.5. The highest BCUT2D eigenvalue weighted by Gasteiger charge is 2.20. The van der Waals surface area contributed by atoms with E-state index >= 15 is 0 Å². The summed E-state index contributed by atoms with van der Waals surface area (Å²) < 4.78 is 20.8. The van der Waals surface area contributed by atoms with Gasteiger partial charge in [0.2, 0.25) is 0 Å². The minimum absolute atomic E-state index is 0.282. The van der Waals surface area contributed by atoms with Gasteiger partial charge >= 0.3 is 0 Å². The molecule has 3 N–H and O–H groups in total. The van der Waals surface area contributed by atoms with Crippen molar-refractivity contribution in [2.24, 2.45) is 0 Å². The number of halogens is 1. The highest BCUT2D eigenvalue weighted by Crippen LogP contribution is 2.23. The number of carbonyl (C=O) groups is 1. The third-order valence-corrected chi connectivity index (χ3v) is 5.50. The molecule has 0 saturated carbocycles. The van der Waals surface area contributed by atoms with Crippen LogP contribution in [0.4, 0.5) is 15.9 Å². The smallest absolute Gasteiger partial charge is 0.251 e. The molecule has 156 valence electrons. The molecule has 0 unspecified atom stereocenters. The number of nitrogens with zero attached hydrogens (tertiary/aromatic N) is 3. The second kappa shape index (κ2) is 10.4. The van der Waals surface area contributed by atoms with E-state index in [-0.39, 0.29) is 11.7 Å². The van der Waals surface area contributed by atoms with Crippen LogP contribution in [0.1, 0.15) is 22.8 Å². The van der Waals surface area contributed by atoms with E-state index in [2.05, 4.69) is 24.6 Å². The van der Waals surface area contributed by atoms with E-state index in [1.807, 2.05) is 30.2 Å². The summed E-state index contributed by atoms with van der Waals surface area (Å²) >= 11 is 1.42. The molecule has 7 nitrogen and oxygen atoms in total. The van der Waals surface area contributed by atoms with Crippen LogP contribution in [0.15, 0.2) is 36.5 Å². The van der Waals surface area contributed by atoms with Crippen molar-refractivity contribution in [2.45, 2.75) is 13.5 Å². The summed E-state index contributed by atoms with van der Waals surface area (Å²) in [6.07, 6.45) is 1.81. The third-order valence-electron chi connectivity index (χ3n) is 4.75. The quantitative estimate of drug-likeness (QED) is 0.449. The normalized spacial score (nSPS) is 14.7. The van der Waals surface area contributed by atoms with Crippen LogP contribution in [0.5, 0.6) is 0 Å². The lowest BCUT2D eigenvalue weighted by Crippen LogP contribution is -2.46.